The quantitative estimate of drug-likeness (QED) is 0.689. The van der Waals surface area contributed by atoms with E-state index in [1.54, 1.807) is 0 Å². The first-order chi connectivity index (χ1) is 12.4. The van der Waals surface area contributed by atoms with Crippen LogP contribution in [0.5, 0.6) is 5.75 Å². The van der Waals surface area contributed by atoms with E-state index in [1.807, 2.05) is 30.3 Å². The summed E-state index contributed by atoms with van der Waals surface area (Å²) < 4.78 is 12.4. The molecule has 0 aliphatic carbocycles. The highest BCUT2D eigenvalue weighted by Gasteiger charge is 2.28. The van der Waals surface area contributed by atoms with E-state index in [1.165, 1.54) is 11.1 Å². The molecule has 0 saturated heterocycles. The van der Waals surface area contributed by atoms with Gasteiger partial charge in [0.25, 0.3) is 0 Å². The maximum absolute atomic E-state index is 8.95. The Balaban J connectivity index is 1.61. The van der Waals surface area contributed by atoms with Gasteiger partial charge in [-0.15, -0.1) is 0 Å². The summed E-state index contributed by atoms with van der Waals surface area (Å²) in [6.07, 6.45) is 2.74. The van der Waals surface area contributed by atoms with Crippen molar-refractivity contribution in [3.8, 4) is 5.75 Å². The van der Waals surface area contributed by atoms with Crippen LogP contribution in [0.25, 0.3) is 0 Å². The van der Waals surface area contributed by atoms with Crippen molar-refractivity contribution < 1.29 is 14.6 Å². The van der Waals surface area contributed by atoms with Gasteiger partial charge in [-0.1, -0.05) is 48.5 Å². The summed E-state index contributed by atoms with van der Waals surface area (Å²) in [6, 6.07) is 18.5. The fourth-order valence-corrected chi connectivity index (χ4v) is 3.13. The number of aryl methyl sites for hydroxylation is 1. The van der Waals surface area contributed by atoms with Crippen molar-refractivity contribution in [1.29, 1.82) is 0 Å². The van der Waals surface area contributed by atoms with Crippen molar-refractivity contribution in [3.05, 3.63) is 65.7 Å². The van der Waals surface area contributed by atoms with Gasteiger partial charge >= 0.3 is 0 Å². The van der Waals surface area contributed by atoms with Crippen molar-refractivity contribution in [1.82, 2.24) is 5.32 Å². The molecule has 0 bridgehead atoms. The van der Waals surface area contributed by atoms with Crippen LogP contribution in [-0.4, -0.2) is 37.0 Å². The zero-order chi connectivity index (χ0) is 17.3. The maximum Gasteiger partial charge on any atom is 0.126 e. The summed E-state index contributed by atoms with van der Waals surface area (Å²) in [7, 11) is 0. The molecule has 25 heavy (non-hydrogen) atoms. The van der Waals surface area contributed by atoms with Crippen LogP contribution >= 0.6 is 0 Å². The van der Waals surface area contributed by atoms with E-state index in [0.717, 1.165) is 38.1 Å². The van der Waals surface area contributed by atoms with Crippen LogP contribution in [0.15, 0.2) is 54.6 Å². The SMILES string of the molecule is OCCCNCC(OCc1ccccc1)C1CCc2ccccc2O1. The minimum Gasteiger partial charge on any atom is -0.487 e. The molecule has 2 N–H and O–H groups in total. The van der Waals surface area contributed by atoms with Crippen LogP contribution in [0, 0.1) is 0 Å². The van der Waals surface area contributed by atoms with E-state index in [-0.39, 0.29) is 18.8 Å². The molecule has 2 aromatic carbocycles. The molecule has 2 atom stereocenters. The lowest BCUT2D eigenvalue weighted by Crippen LogP contribution is -2.43. The second kappa shape index (κ2) is 9.56. The molecule has 0 fully saturated rings. The van der Waals surface area contributed by atoms with Crippen molar-refractivity contribution in [2.45, 2.75) is 38.1 Å². The van der Waals surface area contributed by atoms with E-state index in [9.17, 15) is 0 Å². The Morgan fingerprint density at radius 2 is 1.92 bits per heavy atom. The molecule has 0 saturated carbocycles. The topological polar surface area (TPSA) is 50.7 Å². The van der Waals surface area contributed by atoms with Crippen LogP contribution in [0.1, 0.15) is 24.0 Å². The molecule has 0 radical (unpaired) electrons. The molecule has 134 valence electrons. The predicted octanol–water partition coefficient (Wildman–Crippen LogP) is 2.94. The number of aliphatic hydroxyl groups excluding tert-OH is 1. The van der Waals surface area contributed by atoms with Crippen LogP contribution in [0.3, 0.4) is 0 Å². The molecule has 3 rings (SSSR count). The number of fused-ring (bicyclic) bond motifs is 1. The van der Waals surface area contributed by atoms with Crippen LogP contribution in [0.4, 0.5) is 0 Å². The molecule has 1 aliphatic heterocycles. The lowest BCUT2D eigenvalue weighted by molar-refractivity contribution is -0.0404. The number of hydrogen-bond acceptors (Lipinski definition) is 4. The molecule has 0 amide bonds. The van der Waals surface area contributed by atoms with Gasteiger partial charge in [-0.3, -0.25) is 0 Å². The lowest BCUT2D eigenvalue weighted by Gasteiger charge is -2.32. The number of ether oxygens (including phenoxy) is 2. The Hall–Kier alpha value is -1.88. The zero-order valence-corrected chi connectivity index (χ0v) is 14.6. The van der Waals surface area contributed by atoms with E-state index < -0.39 is 0 Å². The number of para-hydroxylation sites is 1. The fourth-order valence-electron chi connectivity index (χ4n) is 3.13. The Kier molecular flexibility index (Phi) is 6.86. The van der Waals surface area contributed by atoms with Crippen molar-refractivity contribution in [3.63, 3.8) is 0 Å². The van der Waals surface area contributed by atoms with Crippen molar-refractivity contribution in [2.24, 2.45) is 0 Å². The highest BCUT2D eigenvalue weighted by molar-refractivity contribution is 5.35. The van der Waals surface area contributed by atoms with E-state index in [0.29, 0.717) is 6.61 Å². The Morgan fingerprint density at radius 1 is 1.12 bits per heavy atom. The van der Waals surface area contributed by atoms with E-state index in [2.05, 4.69) is 29.6 Å². The largest absolute Gasteiger partial charge is 0.487 e. The summed E-state index contributed by atoms with van der Waals surface area (Å²) in [5, 5.41) is 12.3. The highest BCUT2D eigenvalue weighted by Crippen LogP contribution is 2.29. The lowest BCUT2D eigenvalue weighted by atomic mass is 9.99. The molecular weight excluding hydrogens is 314 g/mol. The molecule has 2 aromatic rings. The number of benzene rings is 2. The Labute approximate surface area is 149 Å². The number of aliphatic hydroxyl groups is 1. The van der Waals surface area contributed by atoms with Crippen LogP contribution < -0.4 is 10.1 Å². The van der Waals surface area contributed by atoms with Gasteiger partial charge in [0.05, 0.1) is 6.61 Å². The van der Waals surface area contributed by atoms with Gasteiger partial charge in [-0.2, -0.15) is 0 Å². The molecule has 0 spiro atoms. The van der Waals surface area contributed by atoms with Gasteiger partial charge in [0, 0.05) is 13.2 Å². The summed E-state index contributed by atoms with van der Waals surface area (Å²) in [5.74, 6) is 0.974. The zero-order valence-electron chi connectivity index (χ0n) is 14.6. The average molecular weight is 341 g/mol. The fraction of sp³-hybridized carbons (Fsp3) is 0.429. The van der Waals surface area contributed by atoms with Crippen molar-refractivity contribution in [2.75, 3.05) is 19.7 Å². The number of hydrogen-bond donors (Lipinski definition) is 2. The first-order valence-electron chi connectivity index (χ1n) is 9.08. The van der Waals surface area contributed by atoms with Gasteiger partial charge in [-0.25, -0.2) is 0 Å². The van der Waals surface area contributed by atoms with Gasteiger partial charge in [-0.05, 0) is 43.0 Å². The first-order valence-corrected chi connectivity index (χ1v) is 9.08. The predicted molar refractivity (Wildman–Crippen MR) is 98.8 cm³/mol. The molecule has 2 unspecified atom stereocenters. The third-order valence-electron chi connectivity index (χ3n) is 4.53. The van der Waals surface area contributed by atoms with Gasteiger partial charge in [0.15, 0.2) is 0 Å². The molecule has 4 nitrogen and oxygen atoms in total. The maximum atomic E-state index is 8.95. The summed E-state index contributed by atoms with van der Waals surface area (Å²) in [6.45, 7) is 2.29. The normalized spacial score (nSPS) is 17.6. The third kappa shape index (κ3) is 5.30. The smallest absolute Gasteiger partial charge is 0.126 e. The minimum atomic E-state index is -0.0211. The van der Waals surface area contributed by atoms with Gasteiger partial charge in [0.1, 0.15) is 18.0 Å². The third-order valence-corrected chi connectivity index (χ3v) is 4.53. The van der Waals surface area contributed by atoms with Crippen LogP contribution in [-0.2, 0) is 17.8 Å². The van der Waals surface area contributed by atoms with Gasteiger partial charge in [0.2, 0.25) is 0 Å². The number of nitrogens with one attached hydrogen (secondary N) is 1. The molecular formula is C21H27NO3. The standard InChI is InChI=1S/C21H27NO3/c23-14-6-13-22-15-21(24-16-17-7-2-1-3-8-17)20-12-11-18-9-4-5-10-19(18)25-20/h1-5,7-10,20-23H,6,11-16H2. The Bertz CT molecular complexity index is 632. The Morgan fingerprint density at radius 3 is 2.76 bits per heavy atom. The molecule has 0 aromatic heterocycles. The molecule has 1 heterocycles. The van der Waals surface area contributed by atoms with E-state index >= 15 is 0 Å². The second-order valence-electron chi connectivity index (χ2n) is 6.42. The summed E-state index contributed by atoms with van der Waals surface area (Å²) >= 11 is 0. The van der Waals surface area contributed by atoms with Crippen molar-refractivity contribution >= 4 is 0 Å². The van der Waals surface area contributed by atoms with Gasteiger partial charge < -0.3 is 19.9 Å². The first kappa shape index (κ1) is 17.9. The van der Waals surface area contributed by atoms with Crippen LogP contribution in [0.2, 0.25) is 0 Å². The highest BCUT2D eigenvalue weighted by atomic mass is 16.5. The molecule has 4 heteroatoms. The summed E-state index contributed by atoms with van der Waals surface area (Å²) in [5.41, 5.74) is 2.44. The average Bonchev–Trinajstić information content (AvgIpc) is 2.68. The number of rotatable bonds is 9. The second-order valence-corrected chi connectivity index (χ2v) is 6.42. The monoisotopic (exact) mass is 341 g/mol. The van der Waals surface area contributed by atoms with E-state index in [4.69, 9.17) is 14.6 Å². The molecule has 1 aliphatic rings. The summed E-state index contributed by atoms with van der Waals surface area (Å²) in [4.78, 5) is 0. The minimum absolute atomic E-state index is 0.0211.